The maximum absolute atomic E-state index is 5.11. The van der Waals surface area contributed by atoms with Crippen molar-refractivity contribution in [2.75, 3.05) is 0 Å². The van der Waals surface area contributed by atoms with Crippen LogP contribution >= 0.6 is 0 Å². The molecule has 3 heteroatoms. The molecule has 0 aliphatic rings. The predicted molar refractivity (Wildman–Crippen MR) is 112 cm³/mol. The molecular weight excluding hydrogens is 330 g/mol. The molecule has 0 atom stereocenters. The lowest BCUT2D eigenvalue weighted by atomic mass is 9.86. The summed E-state index contributed by atoms with van der Waals surface area (Å²) in [6.07, 6.45) is 2.06. The Kier molecular flexibility index (Phi) is 3.35. The summed E-state index contributed by atoms with van der Waals surface area (Å²) in [5, 5.41) is 1.10. The number of benzene rings is 2. The van der Waals surface area contributed by atoms with Crippen LogP contribution in [0.2, 0.25) is 0 Å². The van der Waals surface area contributed by atoms with E-state index in [1.165, 1.54) is 5.56 Å². The summed E-state index contributed by atoms with van der Waals surface area (Å²) >= 11 is 0. The fraction of sp³-hybridized carbons (Fsp3) is 0.167. The molecule has 0 saturated carbocycles. The molecule has 0 saturated heterocycles. The minimum absolute atomic E-state index is 0.0800. The molecule has 0 unspecified atom stereocenters. The monoisotopic (exact) mass is 351 g/mol. The van der Waals surface area contributed by atoms with Gasteiger partial charge < -0.3 is 0 Å². The van der Waals surface area contributed by atoms with Crippen LogP contribution in [0.5, 0.6) is 0 Å². The van der Waals surface area contributed by atoms with Crippen LogP contribution in [0, 0.1) is 0 Å². The molecule has 0 bridgehead atoms. The lowest BCUT2D eigenvalue weighted by Crippen LogP contribution is -2.10. The average Bonchev–Trinajstić information content (AvgIpc) is 3.07. The zero-order valence-electron chi connectivity index (χ0n) is 15.8. The molecule has 27 heavy (non-hydrogen) atoms. The first-order valence-electron chi connectivity index (χ1n) is 9.29. The maximum Gasteiger partial charge on any atom is 0.137 e. The Balaban J connectivity index is 1.97. The van der Waals surface area contributed by atoms with E-state index in [0.29, 0.717) is 0 Å². The van der Waals surface area contributed by atoms with Crippen molar-refractivity contribution in [2.45, 2.75) is 26.2 Å². The van der Waals surface area contributed by atoms with Crippen molar-refractivity contribution >= 4 is 27.6 Å². The third-order valence-electron chi connectivity index (χ3n) is 5.15. The Morgan fingerprint density at radius 2 is 1.59 bits per heavy atom. The van der Waals surface area contributed by atoms with E-state index in [2.05, 4.69) is 73.8 Å². The summed E-state index contributed by atoms with van der Waals surface area (Å²) < 4.78 is 2.14. The molecule has 0 amide bonds. The quantitative estimate of drug-likeness (QED) is 0.371. The van der Waals surface area contributed by atoms with Gasteiger partial charge in [0.2, 0.25) is 0 Å². The zero-order chi connectivity index (χ0) is 18.6. The van der Waals surface area contributed by atoms with Gasteiger partial charge in [0.1, 0.15) is 11.2 Å². The Morgan fingerprint density at radius 3 is 2.37 bits per heavy atom. The third-order valence-corrected chi connectivity index (χ3v) is 5.15. The molecule has 3 aromatic heterocycles. The number of fused-ring (bicyclic) bond motifs is 5. The number of hydrogen-bond acceptors (Lipinski definition) is 2. The van der Waals surface area contributed by atoms with Gasteiger partial charge in [0, 0.05) is 17.1 Å². The minimum atomic E-state index is 0.0800. The molecule has 2 aromatic carbocycles. The molecule has 3 heterocycles. The van der Waals surface area contributed by atoms with Gasteiger partial charge in [-0.1, -0.05) is 69.3 Å². The van der Waals surface area contributed by atoms with Crippen LogP contribution in [-0.2, 0) is 5.41 Å². The second-order valence-electron chi connectivity index (χ2n) is 8.05. The van der Waals surface area contributed by atoms with Crippen molar-refractivity contribution in [2.24, 2.45) is 0 Å². The highest BCUT2D eigenvalue weighted by molar-refractivity contribution is 6.09. The van der Waals surface area contributed by atoms with Crippen LogP contribution < -0.4 is 0 Å². The third kappa shape index (κ3) is 2.50. The zero-order valence-corrected chi connectivity index (χ0v) is 15.8. The summed E-state index contributed by atoms with van der Waals surface area (Å²) in [4.78, 5) is 10.1. The summed E-state index contributed by atoms with van der Waals surface area (Å²) in [5.41, 5.74) is 7.45. The summed E-state index contributed by atoms with van der Waals surface area (Å²) in [5.74, 6) is 0. The summed E-state index contributed by atoms with van der Waals surface area (Å²) in [6, 6.07) is 23.1. The van der Waals surface area contributed by atoms with Crippen molar-refractivity contribution in [1.29, 1.82) is 0 Å². The normalized spacial score (nSPS) is 12.3. The van der Waals surface area contributed by atoms with E-state index in [9.17, 15) is 0 Å². The van der Waals surface area contributed by atoms with Gasteiger partial charge in [-0.15, -0.1) is 0 Å². The average molecular weight is 351 g/mol. The standard InChI is InChI=1S/C24H21N3/c1-24(2,3)17-12-13-18-19(15-17)25-21(16-9-5-4-6-10-16)23-22(18)26-20-11-7-8-14-27(20)23/h4-15H,1-3H3. The van der Waals surface area contributed by atoms with Gasteiger partial charge in [0.15, 0.2) is 0 Å². The Bertz CT molecular complexity index is 1290. The number of hydrogen-bond donors (Lipinski definition) is 0. The van der Waals surface area contributed by atoms with Gasteiger partial charge in [0.25, 0.3) is 0 Å². The molecule has 5 aromatic rings. The fourth-order valence-electron chi connectivity index (χ4n) is 3.67. The topological polar surface area (TPSA) is 30.2 Å². The van der Waals surface area contributed by atoms with Crippen LogP contribution in [0.1, 0.15) is 26.3 Å². The van der Waals surface area contributed by atoms with Gasteiger partial charge in [-0.3, -0.25) is 4.40 Å². The predicted octanol–water partition coefficient (Wildman–Crippen LogP) is 6.00. The molecule has 3 nitrogen and oxygen atoms in total. The van der Waals surface area contributed by atoms with Crippen molar-refractivity contribution in [1.82, 2.24) is 14.4 Å². The minimum Gasteiger partial charge on any atom is -0.298 e. The number of imidazole rings is 1. The van der Waals surface area contributed by atoms with Gasteiger partial charge in [-0.2, -0.15) is 0 Å². The fourth-order valence-corrected chi connectivity index (χ4v) is 3.67. The highest BCUT2D eigenvalue weighted by atomic mass is 15.0. The number of aromatic nitrogens is 3. The van der Waals surface area contributed by atoms with E-state index in [1.54, 1.807) is 0 Å². The van der Waals surface area contributed by atoms with Gasteiger partial charge >= 0.3 is 0 Å². The van der Waals surface area contributed by atoms with Crippen LogP contribution in [0.15, 0.2) is 72.9 Å². The van der Waals surface area contributed by atoms with E-state index in [1.807, 2.05) is 24.3 Å². The number of pyridine rings is 2. The van der Waals surface area contributed by atoms with E-state index < -0.39 is 0 Å². The molecule has 0 spiro atoms. The van der Waals surface area contributed by atoms with Crippen LogP contribution in [-0.4, -0.2) is 14.4 Å². The first kappa shape index (κ1) is 16.0. The molecule has 0 aliphatic heterocycles. The SMILES string of the molecule is CC(C)(C)c1ccc2c(c1)nc(-c1ccccc1)c1c2nc2ccccn21. The lowest BCUT2D eigenvalue weighted by Gasteiger charge is -2.19. The first-order valence-corrected chi connectivity index (χ1v) is 9.29. The second kappa shape index (κ2) is 5.65. The summed E-state index contributed by atoms with van der Waals surface area (Å²) in [7, 11) is 0. The second-order valence-corrected chi connectivity index (χ2v) is 8.05. The highest BCUT2D eigenvalue weighted by Gasteiger charge is 2.19. The molecular formula is C24H21N3. The van der Waals surface area contributed by atoms with Crippen molar-refractivity contribution < 1.29 is 0 Å². The van der Waals surface area contributed by atoms with E-state index >= 15 is 0 Å². The van der Waals surface area contributed by atoms with Crippen molar-refractivity contribution in [3.8, 4) is 11.3 Å². The Hall–Kier alpha value is -3.20. The van der Waals surface area contributed by atoms with Crippen molar-refractivity contribution in [3.63, 3.8) is 0 Å². The highest BCUT2D eigenvalue weighted by Crippen LogP contribution is 2.34. The van der Waals surface area contributed by atoms with Gasteiger partial charge in [0.05, 0.1) is 16.7 Å². The molecule has 0 fully saturated rings. The van der Waals surface area contributed by atoms with E-state index in [0.717, 1.165) is 38.8 Å². The molecule has 132 valence electrons. The van der Waals surface area contributed by atoms with Crippen LogP contribution in [0.25, 0.3) is 38.8 Å². The lowest BCUT2D eigenvalue weighted by molar-refractivity contribution is 0.591. The number of nitrogens with zero attached hydrogens (tertiary/aromatic N) is 3. The Labute approximate surface area is 158 Å². The molecule has 0 N–H and O–H groups in total. The molecule has 0 aliphatic carbocycles. The van der Waals surface area contributed by atoms with E-state index in [-0.39, 0.29) is 5.41 Å². The molecule has 0 radical (unpaired) electrons. The largest absolute Gasteiger partial charge is 0.298 e. The summed E-state index contributed by atoms with van der Waals surface area (Å²) in [6.45, 7) is 6.70. The van der Waals surface area contributed by atoms with Gasteiger partial charge in [-0.05, 0) is 29.2 Å². The van der Waals surface area contributed by atoms with E-state index in [4.69, 9.17) is 9.97 Å². The number of rotatable bonds is 1. The van der Waals surface area contributed by atoms with Gasteiger partial charge in [-0.25, -0.2) is 9.97 Å². The maximum atomic E-state index is 5.11. The first-order chi connectivity index (χ1) is 13.0. The van der Waals surface area contributed by atoms with Crippen LogP contribution in [0.4, 0.5) is 0 Å². The molecule has 5 rings (SSSR count). The van der Waals surface area contributed by atoms with Crippen molar-refractivity contribution in [3.05, 3.63) is 78.5 Å². The smallest absolute Gasteiger partial charge is 0.137 e. The Morgan fingerprint density at radius 1 is 0.815 bits per heavy atom. The van der Waals surface area contributed by atoms with Crippen LogP contribution in [0.3, 0.4) is 0 Å².